The molecule has 2 aromatic rings. The molecule has 0 spiro atoms. The van der Waals surface area contributed by atoms with Gasteiger partial charge in [-0.25, -0.2) is 9.78 Å². The Hall–Kier alpha value is -2.71. The predicted molar refractivity (Wildman–Crippen MR) is 65.6 cm³/mol. The Morgan fingerprint density at radius 3 is 2.62 bits per heavy atom. The molecule has 0 amide bonds. The minimum absolute atomic E-state index is 0.00241. The van der Waals surface area contributed by atoms with Gasteiger partial charge in [-0.2, -0.15) is 23.4 Å². The number of nitrogens with zero attached hydrogens (tertiary/aromatic N) is 3. The van der Waals surface area contributed by atoms with E-state index in [0.717, 1.165) is 6.07 Å². The summed E-state index contributed by atoms with van der Waals surface area (Å²) in [6.45, 7) is 0.00241. The minimum Gasteiger partial charge on any atom is -0.478 e. The van der Waals surface area contributed by atoms with Gasteiger partial charge in [0.25, 0.3) is 0 Å². The first-order valence-corrected chi connectivity index (χ1v) is 5.70. The maximum Gasteiger partial charge on any atom is 0.433 e. The van der Waals surface area contributed by atoms with Gasteiger partial charge in [-0.15, -0.1) is 0 Å². The Labute approximate surface area is 116 Å². The van der Waals surface area contributed by atoms with Crippen LogP contribution in [0.3, 0.4) is 0 Å². The van der Waals surface area contributed by atoms with Crippen LogP contribution in [0.5, 0.6) is 0 Å². The second-order valence-electron chi connectivity index (χ2n) is 3.96. The van der Waals surface area contributed by atoms with Crippen molar-refractivity contribution in [3.63, 3.8) is 0 Å². The molecule has 2 N–H and O–H groups in total. The number of alkyl halides is 3. The van der Waals surface area contributed by atoms with E-state index < -0.39 is 17.8 Å². The number of aromatic nitrogens is 3. The van der Waals surface area contributed by atoms with Crippen molar-refractivity contribution in [3.05, 3.63) is 47.4 Å². The fraction of sp³-hybridized carbons (Fsp3) is 0.167. The summed E-state index contributed by atoms with van der Waals surface area (Å²) >= 11 is 0. The number of hydrogen-bond acceptors (Lipinski definition) is 5. The smallest absolute Gasteiger partial charge is 0.433 e. The van der Waals surface area contributed by atoms with E-state index in [4.69, 9.17) is 5.11 Å². The number of aromatic carboxylic acids is 1. The lowest BCUT2D eigenvalue weighted by molar-refractivity contribution is -0.141. The fourth-order valence-corrected chi connectivity index (χ4v) is 1.53. The Morgan fingerprint density at radius 2 is 2.05 bits per heavy atom. The maximum absolute atomic E-state index is 12.6. The van der Waals surface area contributed by atoms with E-state index in [9.17, 15) is 18.0 Å². The van der Waals surface area contributed by atoms with E-state index in [1.807, 2.05) is 0 Å². The summed E-state index contributed by atoms with van der Waals surface area (Å²) in [5.41, 5.74) is -1.09. The molecule has 0 bridgehead atoms. The number of rotatable bonds is 4. The number of nitrogens with one attached hydrogen (secondary N) is 1. The maximum atomic E-state index is 12.6. The average molecular weight is 298 g/mol. The number of anilines is 1. The first kappa shape index (κ1) is 14.7. The molecule has 0 aliphatic rings. The van der Waals surface area contributed by atoms with Crippen LogP contribution in [0.15, 0.2) is 30.5 Å². The molecule has 6 nitrogen and oxygen atoms in total. The minimum atomic E-state index is -4.65. The number of carboxylic acid groups (broad SMARTS) is 1. The van der Waals surface area contributed by atoms with Gasteiger partial charge in [0.2, 0.25) is 0 Å². The lowest BCUT2D eigenvalue weighted by Gasteiger charge is -2.11. The lowest BCUT2D eigenvalue weighted by Crippen LogP contribution is -2.14. The summed E-state index contributed by atoms with van der Waals surface area (Å²) in [7, 11) is 0. The van der Waals surface area contributed by atoms with Crippen LogP contribution in [-0.2, 0) is 12.7 Å². The molecule has 9 heteroatoms. The molecular formula is C12H9F3N4O2. The number of hydrogen-bond donors (Lipinski definition) is 2. The molecule has 2 aromatic heterocycles. The summed E-state index contributed by atoms with van der Waals surface area (Å²) < 4.78 is 37.8. The van der Waals surface area contributed by atoms with Crippen LogP contribution >= 0.6 is 0 Å². The van der Waals surface area contributed by atoms with E-state index in [-0.39, 0.29) is 17.9 Å². The van der Waals surface area contributed by atoms with Crippen molar-refractivity contribution in [2.24, 2.45) is 0 Å². The number of pyridine rings is 1. The van der Waals surface area contributed by atoms with E-state index in [2.05, 4.69) is 20.5 Å². The predicted octanol–water partition coefficient (Wildman–Crippen LogP) is 2.20. The third kappa shape index (κ3) is 3.65. The highest BCUT2D eigenvalue weighted by Gasteiger charge is 2.33. The van der Waals surface area contributed by atoms with Crippen LogP contribution in [-0.4, -0.2) is 26.3 Å². The highest BCUT2D eigenvalue weighted by Crippen LogP contribution is 2.29. The molecule has 0 aliphatic heterocycles. The zero-order valence-electron chi connectivity index (χ0n) is 10.4. The molecule has 2 heterocycles. The largest absolute Gasteiger partial charge is 0.478 e. The van der Waals surface area contributed by atoms with Gasteiger partial charge in [0.15, 0.2) is 0 Å². The number of carboxylic acids is 1. The second kappa shape index (κ2) is 5.73. The third-order valence-corrected chi connectivity index (χ3v) is 2.48. The summed E-state index contributed by atoms with van der Waals surface area (Å²) in [6, 6.07) is 4.67. The van der Waals surface area contributed by atoms with Crippen LogP contribution in [0, 0.1) is 0 Å². The Bertz CT molecular complexity index is 647. The zero-order chi connectivity index (χ0) is 15.5. The highest BCUT2D eigenvalue weighted by molar-refractivity contribution is 5.93. The molecule has 0 radical (unpaired) electrons. The zero-order valence-corrected chi connectivity index (χ0v) is 10.4. The van der Waals surface area contributed by atoms with Gasteiger partial charge < -0.3 is 10.4 Å². The van der Waals surface area contributed by atoms with Crippen LogP contribution in [0.4, 0.5) is 19.0 Å². The van der Waals surface area contributed by atoms with Crippen LogP contribution in [0.1, 0.15) is 21.7 Å². The third-order valence-electron chi connectivity index (χ3n) is 2.48. The molecule has 110 valence electrons. The van der Waals surface area contributed by atoms with Gasteiger partial charge in [0.1, 0.15) is 17.1 Å². The van der Waals surface area contributed by atoms with Crippen molar-refractivity contribution in [2.45, 2.75) is 12.7 Å². The number of carbonyl (C=O) groups is 1. The number of halogens is 3. The van der Waals surface area contributed by atoms with Crippen molar-refractivity contribution >= 4 is 11.8 Å². The van der Waals surface area contributed by atoms with E-state index in [1.165, 1.54) is 6.20 Å². The van der Waals surface area contributed by atoms with Gasteiger partial charge in [-0.05, 0) is 24.3 Å². The standard InChI is InChI=1S/C12H9F3N4O2/c13-12(14,15)9-4-3-8(11(20)21)10(18-9)16-6-7-2-1-5-17-19-7/h1-5H,6H2,(H,16,18)(H,20,21). The molecule has 0 unspecified atom stereocenters. The van der Waals surface area contributed by atoms with Gasteiger partial charge in [-0.1, -0.05) is 0 Å². The molecule has 0 atom stereocenters. The quantitative estimate of drug-likeness (QED) is 0.899. The molecule has 2 rings (SSSR count). The van der Waals surface area contributed by atoms with E-state index >= 15 is 0 Å². The summed E-state index contributed by atoms with van der Waals surface area (Å²) in [6.07, 6.45) is -3.21. The molecule has 0 saturated carbocycles. The Morgan fingerprint density at radius 1 is 1.29 bits per heavy atom. The Balaban J connectivity index is 2.29. The van der Waals surface area contributed by atoms with Crippen LogP contribution in [0.25, 0.3) is 0 Å². The first-order valence-electron chi connectivity index (χ1n) is 5.70. The van der Waals surface area contributed by atoms with Gasteiger partial charge in [0, 0.05) is 6.20 Å². The average Bonchev–Trinajstić information content (AvgIpc) is 2.45. The monoisotopic (exact) mass is 298 g/mol. The fourth-order valence-electron chi connectivity index (χ4n) is 1.53. The molecular weight excluding hydrogens is 289 g/mol. The van der Waals surface area contributed by atoms with Gasteiger partial charge >= 0.3 is 12.1 Å². The molecule has 21 heavy (non-hydrogen) atoms. The van der Waals surface area contributed by atoms with Crippen molar-refractivity contribution < 1.29 is 23.1 Å². The van der Waals surface area contributed by atoms with Crippen LogP contribution in [0.2, 0.25) is 0 Å². The van der Waals surface area contributed by atoms with Crippen molar-refractivity contribution in [1.29, 1.82) is 0 Å². The van der Waals surface area contributed by atoms with Gasteiger partial charge in [0.05, 0.1) is 12.2 Å². The topological polar surface area (TPSA) is 88.0 Å². The van der Waals surface area contributed by atoms with E-state index in [1.54, 1.807) is 12.1 Å². The summed E-state index contributed by atoms with van der Waals surface area (Å²) in [5.74, 6) is -1.75. The molecule has 0 fully saturated rings. The van der Waals surface area contributed by atoms with Crippen molar-refractivity contribution in [1.82, 2.24) is 15.2 Å². The highest BCUT2D eigenvalue weighted by atomic mass is 19.4. The normalized spacial score (nSPS) is 11.2. The summed E-state index contributed by atoms with van der Waals surface area (Å²) in [5, 5.41) is 18.8. The van der Waals surface area contributed by atoms with Crippen LogP contribution < -0.4 is 5.32 Å². The van der Waals surface area contributed by atoms with Crippen molar-refractivity contribution in [3.8, 4) is 0 Å². The second-order valence-corrected chi connectivity index (χ2v) is 3.96. The first-order chi connectivity index (χ1) is 9.88. The van der Waals surface area contributed by atoms with Crippen molar-refractivity contribution in [2.75, 3.05) is 5.32 Å². The van der Waals surface area contributed by atoms with Gasteiger partial charge in [-0.3, -0.25) is 0 Å². The molecule has 0 saturated heterocycles. The Kier molecular flexibility index (Phi) is 4.01. The summed E-state index contributed by atoms with van der Waals surface area (Å²) in [4.78, 5) is 14.3. The van der Waals surface area contributed by atoms with E-state index in [0.29, 0.717) is 11.8 Å². The molecule has 0 aromatic carbocycles. The molecule has 0 aliphatic carbocycles. The lowest BCUT2D eigenvalue weighted by atomic mass is 10.2. The SMILES string of the molecule is O=C(O)c1ccc(C(F)(F)F)nc1NCc1cccnn1.